The van der Waals surface area contributed by atoms with E-state index in [2.05, 4.69) is 47.9 Å². The first-order valence-electron chi connectivity index (χ1n) is 11.0. The smallest absolute Gasteiger partial charge is 0.256 e. The van der Waals surface area contributed by atoms with Gasteiger partial charge in [0.25, 0.3) is 5.91 Å². The molecule has 0 aliphatic carbocycles. The quantitative estimate of drug-likeness (QED) is 0.411. The summed E-state index contributed by atoms with van der Waals surface area (Å²) in [4.78, 5) is 28.0. The molecule has 0 radical (unpaired) electrons. The van der Waals surface area contributed by atoms with E-state index in [0.29, 0.717) is 35.5 Å². The van der Waals surface area contributed by atoms with Gasteiger partial charge < -0.3 is 31.3 Å². The lowest BCUT2D eigenvalue weighted by atomic mass is 10.2. The number of benzene rings is 1. The number of carbonyl (C=O) groups is 1. The van der Waals surface area contributed by atoms with Crippen molar-refractivity contribution in [3.05, 3.63) is 54.2 Å². The van der Waals surface area contributed by atoms with Crippen LogP contribution in [0, 0.1) is 0 Å². The maximum absolute atomic E-state index is 12.6. The number of ether oxygens (including phenoxy) is 1. The molecule has 1 fully saturated rings. The molecule has 10 nitrogen and oxygen atoms in total. The second-order valence-corrected chi connectivity index (χ2v) is 7.56. The first kappa shape index (κ1) is 22.3. The van der Waals surface area contributed by atoms with Crippen molar-refractivity contribution < 1.29 is 9.53 Å². The standard InChI is InChI=1S/C23H28N8O2/c1-2-10-25-22(32)18-15-26-23(30-21(18)29-20-5-3-4-19(24)28-20)27-16-6-8-17(9-7-16)31-11-13-33-14-12-31/h3-9,15H,2,10-14H2,1H3,(H,25,32)(H4,24,26,27,28,29,30). The Bertz CT molecular complexity index is 1080. The van der Waals surface area contributed by atoms with E-state index in [4.69, 9.17) is 10.5 Å². The molecule has 0 unspecified atom stereocenters. The van der Waals surface area contributed by atoms with Crippen molar-refractivity contribution in [1.82, 2.24) is 20.3 Å². The van der Waals surface area contributed by atoms with Crippen LogP contribution in [0.25, 0.3) is 0 Å². The van der Waals surface area contributed by atoms with Gasteiger partial charge in [0.2, 0.25) is 5.95 Å². The van der Waals surface area contributed by atoms with E-state index < -0.39 is 0 Å². The van der Waals surface area contributed by atoms with Gasteiger partial charge >= 0.3 is 0 Å². The molecule has 3 heterocycles. The number of rotatable bonds is 8. The minimum absolute atomic E-state index is 0.260. The predicted octanol–water partition coefficient (Wildman–Crippen LogP) is 2.92. The number of nitrogens with one attached hydrogen (secondary N) is 3. The van der Waals surface area contributed by atoms with Gasteiger partial charge in [0, 0.05) is 37.2 Å². The fourth-order valence-corrected chi connectivity index (χ4v) is 3.39. The lowest BCUT2D eigenvalue weighted by Gasteiger charge is -2.28. The molecule has 4 rings (SSSR count). The molecule has 0 bridgehead atoms. The number of amides is 1. The first-order valence-corrected chi connectivity index (χ1v) is 11.0. The van der Waals surface area contributed by atoms with Crippen LogP contribution in [0.2, 0.25) is 0 Å². The fourth-order valence-electron chi connectivity index (χ4n) is 3.39. The highest BCUT2D eigenvalue weighted by Crippen LogP contribution is 2.23. The number of hydrogen-bond donors (Lipinski definition) is 4. The lowest BCUT2D eigenvalue weighted by molar-refractivity contribution is 0.0954. The Morgan fingerprint density at radius 2 is 1.88 bits per heavy atom. The van der Waals surface area contributed by atoms with E-state index in [0.717, 1.165) is 44.1 Å². The van der Waals surface area contributed by atoms with Gasteiger partial charge in [-0.25, -0.2) is 9.97 Å². The minimum atomic E-state index is -0.260. The molecule has 2 aromatic heterocycles. The highest BCUT2D eigenvalue weighted by Gasteiger charge is 2.16. The van der Waals surface area contributed by atoms with Gasteiger partial charge in [0.1, 0.15) is 23.0 Å². The Hall–Kier alpha value is -3.92. The largest absolute Gasteiger partial charge is 0.384 e. The second-order valence-electron chi connectivity index (χ2n) is 7.56. The first-order chi connectivity index (χ1) is 16.1. The Labute approximate surface area is 192 Å². The third kappa shape index (κ3) is 5.86. The monoisotopic (exact) mass is 448 g/mol. The van der Waals surface area contributed by atoms with Crippen LogP contribution < -0.4 is 26.6 Å². The maximum Gasteiger partial charge on any atom is 0.256 e. The van der Waals surface area contributed by atoms with Crippen LogP contribution in [-0.2, 0) is 4.74 Å². The summed E-state index contributed by atoms with van der Waals surface area (Å²) in [6.45, 7) is 5.79. The Balaban J connectivity index is 1.54. The van der Waals surface area contributed by atoms with Crippen molar-refractivity contribution in [2.24, 2.45) is 0 Å². The number of anilines is 6. The van der Waals surface area contributed by atoms with Crippen molar-refractivity contribution >= 4 is 40.7 Å². The number of aromatic nitrogens is 3. The number of nitrogen functional groups attached to an aromatic ring is 1. The van der Waals surface area contributed by atoms with Gasteiger partial charge in [-0.05, 0) is 42.8 Å². The van der Waals surface area contributed by atoms with Gasteiger partial charge in [-0.2, -0.15) is 4.98 Å². The Morgan fingerprint density at radius 3 is 2.61 bits per heavy atom. The third-order valence-corrected chi connectivity index (χ3v) is 5.09. The molecule has 1 aromatic carbocycles. The molecule has 10 heteroatoms. The average molecular weight is 449 g/mol. The molecular formula is C23H28N8O2. The third-order valence-electron chi connectivity index (χ3n) is 5.09. The van der Waals surface area contributed by atoms with Crippen LogP contribution in [-0.4, -0.2) is 53.7 Å². The molecule has 0 spiro atoms. The van der Waals surface area contributed by atoms with E-state index in [9.17, 15) is 4.79 Å². The highest BCUT2D eigenvalue weighted by atomic mass is 16.5. The van der Waals surface area contributed by atoms with Crippen LogP contribution >= 0.6 is 0 Å². The number of pyridine rings is 1. The predicted molar refractivity (Wildman–Crippen MR) is 129 cm³/mol. The number of carbonyl (C=O) groups excluding carboxylic acids is 1. The summed E-state index contributed by atoms with van der Waals surface area (Å²) < 4.78 is 5.42. The van der Waals surface area contributed by atoms with Gasteiger partial charge in [-0.1, -0.05) is 13.0 Å². The summed E-state index contributed by atoms with van der Waals surface area (Å²) in [5.41, 5.74) is 8.09. The van der Waals surface area contributed by atoms with E-state index in [-0.39, 0.29) is 5.91 Å². The summed E-state index contributed by atoms with van der Waals surface area (Å²) in [6, 6.07) is 13.3. The zero-order valence-corrected chi connectivity index (χ0v) is 18.5. The van der Waals surface area contributed by atoms with E-state index in [1.807, 2.05) is 19.1 Å². The maximum atomic E-state index is 12.6. The Kier molecular flexibility index (Phi) is 7.16. The topological polar surface area (TPSA) is 130 Å². The zero-order valence-electron chi connectivity index (χ0n) is 18.5. The second kappa shape index (κ2) is 10.6. The average Bonchev–Trinajstić information content (AvgIpc) is 2.84. The number of hydrogen-bond acceptors (Lipinski definition) is 9. The van der Waals surface area contributed by atoms with Gasteiger partial charge in [-0.15, -0.1) is 0 Å². The van der Waals surface area contributed by atoms with Crippen molar-refractivity contribution in [1.29, 1.82) is 0 Å². The molecule has 1 aliphatic heterocycles. The number of morpholine rings is 1. The van der Waals surface area contributed by atoms with Gasteiger partial charge in [0.15, 0.2) is 0 Å². The van der Waals surface area contributed by atoms with Crippen LogP contribution in [0.5, 0.6) is 0 Å². The van der Waals surface area contributed by atoms with E-state index in [1.165, 1.54) is 6.20 Å². The highest BCUT2D eigenvalue weighted by molar-refractivity contribution is 5.99. The molecular weight excluding hydrogens is 420 g/mol. The molecule has 0 saturated carbocycles. The minimum Gasteiger partial charge on any atom is -0.384 e. The van der Waals surface area contributed by atoms with E-state index in [1.54, 1.807) is 18.2 Å². The SMILES string of the molecule is CCCNC(=O)c1cnc(Nc2ccc(N3CCOCC3)cc2)nc1Nc1cccc(N)n1. The molecule has 1 saturated heterocycles. The van der Waals surface area contributed by atoms with Crippen LogP contribution in [0.3, 0.4) is 0 Å². The van der Waals surface area contributed by atoms with Crippen LogP contribution in [0.15, 0.2) is 48.7 Å². The summed E-state index contributed by atoms with van der Waals surface area (Å²) in [5, 5.41) is 9.14. The zero-order chi connectivity index (χ0) is 23.0. The molecule has 3 aromatic rings. The fraction of sp³-hybridized carbons (Fsp3) is 0.304. The van der Waals surface area contributed by atoms with Crippen molar-refractivity contribution in [3.8, 4) is 0 Å². The van der Waals surface area contributed by atoms with Crippen molar-refractivity contribution in [2.45, 2.75) is 13.3 Å². The molecule has 172 valence electrons. The van der Waals surface area contributed by atoms with Gasteiger partial charge in [0.05, 0.1) is 13.2 Å². The normalized spacial score (nSPS) is 13.4. The molecule has 33 heavy (non-hydrogen) atoms. The lowest BCUT2D eigenvalue weighted by Crippen LogP contribution is -2.36. The molecule has 5 N–H and O–H groups in total. The van der Waals surface area contributed by atoms with E-state index >= 15 is 0 Å². The molecule has 1 aliphatic rings. The van der Waals surface area contributed by atoms with Gasteiger partial charge in [-0.3, -0.25) is 4.79 Å². The number of nitrogens with zero attached hydrogens (tertiary/aromatic N) is 4. The van der Waals surface area contributed by atoms with Crippen molar-refractivity contribution in [3.63, 3.8) is 0 Å². The molecule has 1 amide bonds. The Morgan fingerprint density at radius 1 is 1.09 bits per heavy atom. The van der Waals surface area contributed by atoms with Crippen molar-refractivity contribution in [2.75, 3.05) is 54.1 Å². The summed E-state index contributed by atoms with van der Waals surface area (Å²) >= 11 is 0. The summed E-state index contributed by atoms with van der Waals surface area (Å²) in [6.07, 6.45) is 2.32. The van der Waals surface area contributed by atoms with Crippen LogP contribution in [0.4, 0.5) is 34.8 Å². The summed E-state index contributed by atoms with van der Waals surface area (Å²) in [5.74, 6) is 1.28. The summed E-state index contributed by atoms with van der Waals surface area (Å²) in [7, 11) is 0. The molecule has 0 atom stereocenters. The van der Waals surface area contributed by atoms with Crippen LogP contribution in [0.1, 0.15) is 23.7 Å². The number of nitrogens with two attached hydrogens (primary N) is 1.